The molecule has 3 aromatic rings. The summed E-state index contributed by atoms with van der Waals surface area (Å²) in [7, 11) is -3.89. The highest BCUT2D eigenvalue weighted by atomic mass is 32.2. The minimum absolute atomic E-state index is 0.0657. The number of hydrogen-bond acceptors (Lipinski definition) is 10. The van der Waals surface area contributed by atoms with Crippen LogP contribution in [0.4, 0.5) is 0 Å². The number of benzene rings is 1. The van der Waals surface area contributed by atoms with E-state index in [1.165, 1.54) is 4.68 Å². The van der Waals surface area contributed by atoms with Crippen LogP contribution in [-0.2, 0) is 31.0 Å². The quantitative estimate of drug-likeness (QED) is 0.347. The lowest BCUT2D eigenvalue weighted by Gasteiger charge is -2.25. The number of esters is 1. The normalized spacial score (nSPS) is 13.7. The van der Waals surface area contributed by atoms with Crippen LogP contribution in [0.25, 0.3) is 10.2 Å². The van der Waals surface area contributed by atoms with Gasteiger partial charge < -0.3 is 14.8 Å². The van der Waals surface area contributed by atoms with E-state index in [-0.39, 0.29) is 35.3 Å². The van der Waals surface area contributed by atoms with Crippen molar-refractivity contribution in [3.05, 3.63) is 30.1 Å². The maximum atomic E-state index is 13.1. The SMILES string of the molecule is CCOC(=O)C(NC(=O)[C@H](C(C)C)n1cc(COc2ccc3nc(S(N)(=O)=O)sc3c2)nn1)C(C)C. The van der Waals surface area contributed by atoms with Gasteiger partial charge in [-0.25, -0.2) is 28.0 Å². The third-order valence-electron chi connectivity index (χ3n) is 5.22. The van der Waals surface area contributed by atoms with Crippen molar-refractivity contribution < 1.29 is 27.5 Å². The minimum Gasteiger partial charge on any atom is -0.487 e. The molecule has 2 atom stereocenters. The van der Waals surface area contributed by atoms with Gasteiger partial charge in [0.15, 0.2) is 0 Å². The molecule has 0 fully saturated rings. The first-order valence-electron chi connectivity index (χ1n) is 11.3. The summed E-state index contributed by atoms with van der Waals surface area (Å²) in [4.78, 5) is 29.4. The van der Waals surface area contributed by atoms with E-state index in [1.54, 1.807) is 31.3 Å². The van der Waals surface area contributed by atoms with Crippen LogP contribution in [0.1, 0.15) is 46.4 Å². The Bertz CT molecular complexity index is 1330. The van der Waals surface area contributed by atoms with Crippen LogP contribution in [0.3, 0.4) is 0 Å². The van der Waals surface area contributed by atoms with E-state index >= 15 is 0 Å². The van der Waals surface area contributed by atoms with Crippen LogP contribution in [0.2, 0.25) is 0 Å². The molecule has 2 heterocycles. The number of hydrogen-bond donors (Lipinski definition) is 2. The van der Waals surface area contributed by atoms with Crippen LogP contribution < -0.4 is 15.2 Å². The summed E-state index contributed by atoms with van der Waals surface area (Å²) in [5.41, 5.74) is 0.976. The zero-order valence-electron chi connectivity index (χ0n) is 20.7. The standard InChI is InChI=1S/C22H30N6O6S2/c1-6-33-21(30)18(12(2)3)25-20(29)19(13(4)5)28-10-14(26-27-28)11-34-15-7-8-16-17(9-15)35-22(24-16)36(23,31)32/h7-10,12-13,18-19H,6,11H2,1-5H3,(H,25,29)(H2,23,31,32)/t18?,19-/m0/s1. The number of aromatic nitrogens is 4. The third kappa shape index (κ3) is 6.56. The number of fused-ring (bicyclic) bond motifs is 1. The van der Waals surface area contributed by atoms with Crippen molar-refractivity contribution in [1.82, 2.24) is 25.3 Å². The molecule has 3 N–H and O–H groups in total. The highest BCUT2D eigenvalue weighted by Crippen LogP contribution is 2.28. The number of nitrogens with one attached hydrogen (secondary N) is 1. The second-order valence-corrected chi connectivity index (χ2v) is 11.6. The van der Waals surface area contributed by atoms with Gasteiger partial charge in [0.1, 0.15) is 30.1 Å². The minimum atomic E-state index is -3.89. The van der Waals surface area contributed by atoms with Crippen molar-refractivity contribution >= 4 is 43.5 Å². The lowest BCUT2D eigenvalue weighted by Crippen LogP contribution is -2.48. The molecule has 0 aliphatic rings. The molecule has 12 nitrogen and oxygen atoms in total. The Hall–Kier alpha value is -3.10. The Balaban J connectivity index is 1.71. The smallest absolute Gasteiger partial charge is 0.328 e. The first-order valence-corrected chi connectivity index (χ1v) is 13.7. The van der Waals surface area contributed by atoms with Crippen molar-refractivity contribution in [2.24, 2.45) is 17.0 Å². The summed E-state index contributed by atoms with van der Waals surface area (Å²) in [5, 5.41) is 16.2. The number of nitrogens with zero attached hydrogens (tertiary/aromatic N) is 4. The van der Waals surface area contributed by atoms with Gasteiger partial charge in [-0.1, -0.05) is 32.9 Å². The summed E-state index contributed by atoms with van der Waals surface area (Å²) in [6.45, 7) is 9.41. The number of ether oxygens (including phenoxy) is 2. The predicted molar refractivity (Wildman–Crippen MR) is 133 cm³/mol. The number of carbonyl (C=O) groups excluding carboxylic acids is 2. The molecule has 14 heteroatoms. The first-order chi connectivity index (χ1) is 16.9. The van der Waals surface area contributed by atoms with Gasteiger partial charge in [0.05, 0.1) is 23.0 Å². The zero-order valence-corrected chi connectivity index (χ0v) is 22.3. The van der Waals surface area contributed by atoms with Crippen molar-refractivity contribution in [2.45, 2.75) is 57.6 Å². The van der Waals surface area contributed by atoms with Crippen molar-refractivity contribution in [2.75, 3.05) is 6.61 Å². The maximum absolute atomic E-state index is 13.1. The van der Waals surface area contributed by atoms with Gasteiger partial charge in [-0.3, -0.25) is 4.79 Å². The number of primary sulfonamides is 1. The Kier molecular flexibility index (Phi) is 8.63. The molecule has 0 aliphatic heterocycles. The summed E-state index contributed by atoms with van der Waals surface area (Å²) in [6, 6.07) is 3.48. The molecule has 196 valence electrons. The van der Waals surface area contributed by atoms with Crippen LogP contribution in [0.5, 0.6) is 5.75 Å². The number of sulfonamides is 1. The summed E-state index contributed by atoms with van der Waals surface area (Å²) in [6.07, 6.45) is 1.61. The van der Waals surface area contributed by atoms with E-state index in [9.17, 15) is 18.0 Å². The summed E-state index contributed by atoms with van der Waals surface area (Å²) < 4.78 is 35.8. The van der Waals surface area contributed by atoms with Crippen LogP contribution in [0.15, 0.2) is 28.7 Å². The van der Waals surface area contributed by atoms with E-state index in [2.05, 4.69) is 20.6 Å². The molecular formula is C22H30N6O6S2. The summed E-state index contributed by atoms with van der Waals surface area (Å²) in [5.74, 6) is -0.663. The highest BCUT2D eigenvalue weighted by molar-refractivity contribution is 7.91. The van der Waals surface area contributed by atoms with E-state index in [0.717, 1.165) is 11.3 Å². The average Bonchev–Trinajstić information content (AvgIpc) is 3.42. The molecule has 0 saturated carbocycles. The van der Waals surface area contributed by atoms with Gasteiger partial charge in [0.2, 0.25) is 10.2 Å². The van der Waals surface area contributed by atoms with Gasteiger partial charge >= 0.3 is 5.97 Å². The first kappa shape index (κ1) is 27.5. The molecule has 0 saturated heterocycles. The van der Waals surface area contributed by atoms with Gasteiger partial charge in [-0.05, 0) is 37.0 Å². The Morgan fingerprint density at radius 3 is 2.53 bits per heavy atom. The Morgan fingerprint density at radius 2 is 1.92 bits per heavy atom. The van der Waals surface area contributed by atoms with Crippen molar-refractivity contribution in [3.8, 4) is 5.75 Å². The molecule has 36 heavy (non-hydrogen) atoms. The fraction of sp³-hybridized carbons (Fsp3) is 0.500. The van der Waals surface area contributed by atoms with Gasteiger partial charge in [0, 0.05) is 0 Å². The number of carbonyl (C=O) groups is 2. The molecule has 2 aromatic heterocycles. The molecule has 0 radical (unpaired) electrons. The van der Waals surface area contributed by atoms with Crippen molar-refractivity contribution in [3.63, 3.8) is 0 Å². The molecule has 1 unspecified atom stereocenters. The van der Waals surface area contributed by atoms with Crippen LogP contribution in [-0.4, -0.2) is 52.9 Å². The number of nitrogens with two attached hydrogens (primary N) is 1. The molecule has 0 bridgehead atoms. The number of rotatable bonds is 11. The second kappa shape index (κ2) is 11.3. The predicted octanol–water partition coefficient (Wildman–Crippen LogP) is 2.02. The van der Waals surface area contributed by atoms with E-state index in [0.29, 0.717) is 21.7 Å². The van der Waals surface area contributed by atoms with Gasteiger partial charge in [-0.15, -0.1) is 16.4 Å². The summed E-state index contributed by atoms with van der Waals surface area (Å²) >= 11 is 0.953. The van der Waals surface area contributed by atoms with Gasteiger partial charge in [0.25, 0.3) is 10.0 Å². The van der Waals surface area contributed by atoms with Crippen LogP contribution in [0, 0.1) is 11.8 Å². The molecule has 0 aliphatic carbocycles. The van der Waals surface area contributed by atoms with E-state index in [4.69, 9.17) is 14.6 Å². The molecule has 1 aromatic carbocycles. The van der Waals surface area contributed by atoms with E-state index in [1.807, 2.05) is 27.7 Å². The maximum Gasteiger partial charge on any atom is 0.328 e. The van der Waals surface area contributed by atoms with Crippen molar-refractivity contribution in [1.29, 1.82) is 0 Å². The monoisotopic (exact) mass is 538 g/mol. The van der Waals surface area contributed by atoms with Gasteiger partial charge in [-0.2, -0.15) is 0 Å². The second-order valence-electron chi connectivity index (χ2n) is 8.80. The Morgan fingerprint density at radius 1 is 1.19 bits per heavy atom. The highest BCUT2D eigenvalue weighted by Gasteiger charge is 2.32. The molecular weight excluding hydrogens is 508 g/mol. The number of amides is 1. The topological polar surface area (TPSA) is 168 Å². The molecule has 3 rings (SSSR count). The largest absolute Gasteiger partial charge is 0.487 e. The molecule has 0 spiro atoms. The third-order valence-corrected chi connectivity index (χ3v) is 7.56. The van der Waals surface area contributed by atoms with Crippen LogP contribution >= 0.6 is 11.3 Å². The van der Waals surface area contributed by atoms with E-state index < -0.39 is 28.1 Å². The zero-order chi connectivity index (χ0) is 26.6. The fourth-order valence-electron chi connectivity index (χ4n) is 3.46. The average molecular weight is 539 g/mol. The Labute approximate surface area is 213 Å². The lowest BCUT2D eigenvalue weighted by atomic mass is 10.0. The fourth-order valence-corrected chi connectivity index (χ4v) is 5.15. The molecule has 1 amide bonds. The number of thiazole rings is 1. The lowest BCUT2D eigenvalue weighted by molar-refractivity contribution is -0.149.